The van der Waals surface area contributed by atoms with E-state index >= 15 is 0 Å². The molecule has 0 amide bonds. The van der Waals surface area contributed by atoms with Gasteiger partial charge in [-0.15, -0.1) is 0 Å². The molecule has 0 radical (unpaired) electrons. The summed E-state index contributed by atoms with van der Waals surface area (Å²) in [5.74, 6) is 1.75. The molecule has 0 spiro atoms. The highest BCUT2D eigenvalue weighted by Crippen LogP contribution is 2.29. The van der Waals surface area contributed by atoms with Gasteiger partial charge >= 0.3 is 0 Å². The Balaban J connectivity index is 1.90. The molecule has 3 N–H and O–H groups in total. The lowest BCUT2D eigenvalue weighted by molar-refractivity contribution is 0.426. The molecule has 1 heterocycles. The average Bonchev–Trinajstić information content (AvgIpc) is 2.82. The van der Waals surface area contributed by atoms with Crippen LogP contribution in [0.25, 0.3) is 11.4 Å². The first-order valence-corrected chi connectivity index (χ1v) is 7.11. The summed E-state index contributed by atoms with van der Waals surface area (Å²) in [6.45, 7) is 2.92. The third-order valence-electron chi connectivity index (χ3n) is 4.12. The highest BCUT2D eigenvalue weighted by atomic mass is 14.9. The standard InChI is InChI=1S/C16H21N3/c1-11-4-2-3-5-13(11)16-18-14-7-6-12(8-9-17)10-15(14)19-16/h2-5,12H,6-10,17H2,1H3,(H,18,19). The Morgan fingerprint density at radius 1 is 1.37 bits per heavy atom. The van der Waals surface area contributed by atoms with Crippen molar-refractivity contribution >= 4 is 0 Å². The number of aryl methyl sites for hydroxylation is 2. The van der Waals surface area contributed by atoms with Crippen LogP contribution in [0.15, 0.2) is 24.3 Å². The summed E-state index contributed by atoms with van der Waals surface area (Å²) >= 11 is 0. The molecule has 0 fully saturated rings. The molecule has 1 aromatic carbocycles. The number of hydrogen-bond donors (Lipinski definition) is 2. The van der Waals surface area contributed by atoms with Gasteiger partial charge in [0.15, 0.2) is 0 Å². The Kier molecular flexibility index (Phi) is 3.38. The summed E-state index contributed by atoms with van der Waals surface area (Å²) in [5.41, 5.74) is 10.7. The molecule has 0 saturated heterocycles. The zero-order chi connectivity index (χ0) is 13.2. The molecule has 3 nitrogen and oxygen atoms in total. The van der Waals surface area contributed by atoms with Crippen LogP contribution in [0.5, 0.6) is 0 Å². The maximum absolute atomic E-state index is 5.67. The second kappa shape index (κ2) is 5.17. The lowest BCUT2D eigenvalue weighted by Gasteiger charge is -2.20. The molecule has 3 heteroatoms. The van der Waals surface area contributed by atoms with Crippen LogP contribution in [-0.2, 0) is 12.8 Å². The summed E-state index contributed by atoms with van der Waals surface area (Å²) < 4.78 is 0. The Labute approximate surface area is 114 Å². The molecule has 0 saturated carbocycles. The lowest BCUT2D eigenvalue weighted by atomic mass is 9.87. The van der Waals surface area contributed by atoms with Crippen molar-refractivity contribution in [2.75, 3.05) is 6.54 Å². The molecule has 1 aromatic heterocycles. The van der Waals surface area contributed by atoms with Gasteiger partial charge in [0.2, 0.25) is 0 Å². The fourth-order valence-corrected chi connectivity index (χ4v) is 3.00. The maximum Gasteiger partial charge on any atom is 0.138 e. The van der Waals surface area contributed by atoms with Crippen LogP contribution in [0, 0.1) is 12.8 Å². The Morgan fingerprint density at radius 3 is 3.00 bits per heavy atom. The van der Waals surface area contributed by atoms with Crippen LogP contribution in [0.3, 0.4) is 0 Å². The van der Waals surface area contributed by atoms with Gasteiger partial charge in [0.05, 0.1) is 5.69 Å². The van der Waals surface area contributed by atoms with E-state index in [0.29, 0.717) is 0 Å². The first-order chi connectivity index (χ1) is 9.28. The molecular weight excluding hydrogens is 234 g/mol. The van der Waals surface area contributed by atoms with E-state index in [9.17, 15) is 0 Å². The number of H-pyrrole nitrogens is 1. The van der Waals surface area contributed by atoms with Gasteiger partial charge < -0.3 is 10.7 Å². The average molecular weight is 255 g/mol. The third kappa shape index (κ3) is 2.43. The second-order valence-corrected chi connectivity index (χ2v) is 5.51. The number of rotatable bonds is 3. The third-order valence-corrected chi connectivity index (χ3v) is 4.12. The van der Waals surface area contributed by atoms with Crippen LogP contribution in [0.4, 0.5) is 0 Å². The molecule has 2 aromatic rings. The molecule has 0 aliphatic heterocycles. The maximum atomic E-state index is 5.67. The predicted molar refractivity (Wildman–Crippen MR) is 77.9 cm³/mol. The number of aromatic nitrogens is 2. The van der Waals surface area contributed by atoms with E-state index in [4.69, 9.17) is 10.7 Å². The minimum absolute atomic E-state index is 0.725. The minimum Gasteiger partial charge on any atom is -0.342 e. The van der Waals surface area contributed by atoms with E-state index in [1.807, 2.05) is 0 Å². The van der Waals surface area contributed by atoms with Crippen LogP contribution >= 0.6 is 0 Å². The second-order valence-electron chi connectivity index (χ2n) is 5.51. The van der Waals surface area contributed by atoms with E-state index in [1.165, 1.54) is 28.9 Å². The number of nitrogens with two attached hydrogens (primary N) is 1. The SMILES string of the molecule is Cc1ccccc1-c1nc2c([nH]1)CC(CCN)CC2. The number of fused-ring (bicyclic) bond motifs is 1. The van der Waals surface area contributed by atoms with Gasteiger partial charge in [-0.05, 0) is 50.6 Å². The predicted octanol–water partition coefficient (Wildman–Crippen LogP) is 2.84. The van der Waals surface area contributed by atoms with Crippen molar-refractivity contribution in [1.82, 2.24) is 9.97 Å². The quantitative estimate of drug-likeness (QED) is 0.886. The number of aromatic amines is 1. The molecular formula is C16H21N3. The van der Waals surface area contributed by atoms with Crippen LogP contribution in [-0.4, -0.2) is 16.5 Å². The van der Waals surface area contributed by atoms with E-state index < -0.39 is 0 Å². The van der Waals surface area contributed by atoms with E-state index in [0.717, 1.165) is 37.5 Å². The van der Waals surface area contributed by atoms with E-state index in [2.05, 4.69) is 36.2 Å². The monoisotopic (exact) mass is 255 g/mol. The Hall–Kier alpha value is -1.61. The van der Waals surface area contributed by atoms with Crippen molar-refractivity contribution in [3.63, 3.8) is 0 Å². The fourth-order valence-electron chi connectivity index (χ4n) is 3.00. The molecule has 1 atom stereocenters. The summed E-state index contributed by atoms with van der Waals surface area (Å²) in [6.07, 6.45) is 4.54. The number of nitrogens with one attached hydrogen (secondary N) is 1. The van der Waals surface area contributed by atoms with Gasteiger partial charge in [-0.2, -0.15) is 0 Å². The zero-order valence-electron chi connectivity index (χ0n) is 11.4. The van der Waals surface area contributed by atoms with Crippen molar-refractivity contribution in [3.8, 4) is 11.4 Å². The van der Waals surface area contributed by atoms with Gasteiger partial charge in [-0.3, -0.25) is 0 Å². The summed E-state index contributed by atoms with van der Waals surface area (Å²) in [5, 5.41) is 0. The Morgan fingerprint density at radius 2 is 2.21 bits per heavy atom. The van der Waals surface area contributed by atoms with Crippen molar-refractivity contribution < 1.29 is 0 Å². The molecule has 3 rings (SSSR count). The summed E-state index contributed by atoms with van der Waals surface area (Å²) in [4.78, 5) is 8.32. The molecule has 1 unspecified atom stereocenters. The molecule has 1 aliphatic rings. The van der Waals surface area contributed by atoms with Crippen LogP contribution in [0.2, 0.25) is 0 Å². The van der Waals surface area contributed by atoms with Gasteiger partial charge in [-0.25, -0.2) is 4.98 Å². The molecule has 0 bridgehead atoms. The van der Waals surface area contributed by atoms with E-state index in [-0.39, 0.29) is 0 Å². The molecule has 1 aliphatic carbocycles. The first kappa shape index (κ1) is 12.4. The van der Waals surface area contributed by atoms with Gasteiger partial charge in [-0.1, -0.05) is 24.3 Å². The molecule has 100 valence electrons. The van der Waals surface area contributed by atoms with Crippen molar-refractivity contribution in [2.24, 2.45) is 11.7 Å². The number of imidazole rings is 1. The van der Waals surface area contributed by atoms with E-state index in [1.54, 1.807) is 0 Å². The molecule has 19 heavy (non-hydrogen) atoms. The lowest BCUT2D eigenvalue weighted by Crippen LogP contribution is -2.17. The fraction of sp³-hybridized carbons (Fsp3) is 0.438. The van der Waals surface area contributed by atoms with Crippen LogP contribution in [0.1, 0.15) is 29.8 Å². The van der Waals surface area contributed by atoms with Crippen LogP contribution < -0.4 is 5.73 Å². The van der Waals surface area contributed by atoms with Crippen molar-refractivity contribution in [1.29, 1.82) is 0 Å². The van der Waals surface area contributed by atoms with Gasteiger partial charge in [0.25, 0.3) is 0 Å². The normalized spacial score (nSPS) is 18.3. The minimum atomic E-state index is 0.725. The summed E-state index contributed by atoms with van der Waals surface area (Å²) in [7, 11) is 0. The smallest absolute Gasteiger partial charge is 0.138 e. The highest BCUT2D eigenvalue weighted by Gasteiger charge is 2.22. The number of benzene rings is 1. The van der Waals surface area contributed by atoms with Gasteiger partial charge in [0, 0.05) is 11.3 Å². The largest absolute Gasteiger partial charge is 0.342 e. The summed E-state index contributed by atoms with van der Waals surface area (Å²) in [6, 6.07) is 8.41. The number of nitrogens with zero attached hydrogens (tertiary/aromatic N) is 1. The Bertz CT molecular complexity index is 571. The highest BCUT2D eigenvalue weighted by molar-refractivity contribution is 5.60. The van der Waals surface area contributed by atoms with Gasteiger partial charge in [0.1, 0.15) is 5.82 Å². The first-order valence-electron chi connectivity index (χ1n) is 7.11. The topological polar surface area (TPSA) is 54.7 Å². The zero-order valence-corrected chi connectivity index (χ0v) is 11.4. The number of hydrogen-bond acceptors (Lipinski definition) is 2. The van der Waals surface area contributed by atoms with Crippen molar-refractivity contribution in [3.05, 3.63) is 41.2 Å². The van der Waals surface area contributed by atoms with Crippen molar-refractivity contribution in [2.45, 2.75) is 32.6 Å².